The van der Waals surface area contributed by atoms with Gasteiger partial charge in [-0.05, 0) is 48.7 Å². The van der Waals surface area contributed by atoms with Gasteiger partial charge in [-0.25, -0.2) is 4.39 Å². The molecule has 0 spiro atoms. The minimum Gasteiger partial charge on any atom is -0.409 e. The van der Waals surface area contributed by atoms with E-state index >= 15 is 0 Å². The van der Waals surface area contributed by atoms with Crippen molar-refractivity contribution < 1.29 is 9.60 Å². The Hall–Kier alpha value is -2.56. The summed E-state index contributed by atoms with van der Waals surface area (Å²) in [5.41, 5.74) is 9.87. The number of halogens is 1. The molecule has 2 aromatic carbocycles. The van der Waals surface area contributed by atoms with E-state index in [9.17, 15) is 4.39 Å². The fourth-order valence-corrected chi connectivity index (χ4v) is 2.24. The van der Waals surface area contributed by atoms with Gasteiger partial charge < -0.3 is 16.3 Å². The van der Waals surface area contributed by atoms with E-state index in [-0.39, 0.29) is 5.84 Å². The van der Waals surface area contributed by atoms with E-state index < -0.39 is 5.82 Å². The molecular formula is C16H18FN3O. The molecule has 0 radical (unpaired) electrons. The third-order valence-electron chi connectivity index (χ3n) is 3.31. The molecule has 2 rings (SSSR count). The molecule has 0 bridgehead atoms. The Bertz CT molecular complexity index is 663. The third-order valence-corrected chi connectivity index (χ3v) is 3.31. The molecule has 0 aliphatic carbocycles. The Kier molecular flexibility index (Phi) is 4.42. The maximum absolute atomic E-state index is 13.6. The highest BCUT2D eigenvalue weighted by molar-refractivity contribution is 5.97. The predicted molar refractivity (Wildman–Crippen MR) is 82.2 cm³/mol. The van der Waals surface area contributed by atoms with Crippen LogP contribution in [-0.4, -0.2) is 11.0 Å². The molecule has 0 heterocycles. The Morgan fingerprint density at radius 2 is 1.90 bits per heavy atom. The SMILES string of the molecule is Cc1cccc(C)c1NCc1cc(F)cc(/C(N)=N/O)c1. The van der Waals surface area contributed by atoms with E-state index in [1.165, 1.54) is 12.1 Å². The normalized spacial score (nSPS) is 11.5. The Balaban J connectivity index is 2.22. The van der Waals surface area contributed by atoms with Crippen molar-refractivity contribution in [1.29, 1.82) is 0 Å². The number of anilines is 1. The first-order chi connectivity index (χ1) is 10.0. The number of para-hydroxylation sites is 1. The summed E-state index contributed by atoms with van der Waals surface area (Å²) in [5, 5.41) is 14.9. The Labute approximate surface area is 123 Å². The summed E-state index contributed by atoms with van der Waals surface area (Å²) in [6, 6.07) is 10.4. The number of oxime groups is 1. The highest BCUT2D eigenvalue weighted by atomic mass is 19.1. The van der Waals surface area contributed by atoms with Gasteiger partial charge in [0.1, 0.15) is 5.82 Å². The van der Waals surface area contributed by atoms with Crippen LogP contribution in [0.2, 0.25) is 0 Å². The molecule has 0 saturated heterocycles. The maximum atomic E-state index is 13.6. The highest BCUT2D eigenvalue weighted by Crippen LogP contribution is 2.20. The highest BCUT2D eigenvalue weighted by Gasteiger charge is 2.06. The second-order valence-electron chi connectivity index (χ2n) is 4.95. The summed E-state index contributed by atoms with van der Waals surface area (Å²) in [4.78, 5) is 0. The number of nitrogens with zero attached hydrogens (tertiary/aromatic N) is 1. The molecule has 0 saturated carbocycles. The van der Waals surface area contributed by atoms with Crippen LogP contribution in [0.5, 0.6) is 0 Å². The molecule has 21 heavy (non-hydrogen) atoms. The number of benzene rings is 2. The lowest BCUT2D eigenvalue weighted by atomic mass is 10.1. The van der Waals surface area contributed by atoms with Crippen molar-refractivity contribution >= 4 is 11.5 Å². The monoisotopic (exact) mass is 287 g/mol. The van der Waals surface area contributed by atoms with Gasteiger partial charge >= 0.3 is 0 Å². The third kappa shape index (κ3) is 3.51. The average Bonchev–Trinajstić information content (AvgIpc) is 2.45. The van der Waals surface area contributed by atoms with Gasteiger partial charge in [-0.1, -0.05) is 23.4 Å². The molecule has 0 aliphatic heterocycles. The molecule has 2 aromatic rings. The van der Waals surface area contributed by atoms with Crippen LogP contribution in [0.1, 0.15) is 22.3 Å². The smallest absolute Gasteiger partial charge is 0.170 e. The number of rotatable bonds is 4. The Morgan fingerprint density at radius 1 is 1.24 bits per heavy atom. The van der Waals surface area contributed by atoms with Gasteiger partial charge in [-0.3, -0.25) is 0 Å². The summed E-state index contributed by atoms with van der Waals surface area (Å²) in [5.74, 6) is -0.528. The van der Waals surface area contributed by atoms with Crippen LogP contribution in [0, 0.1) is 19.7 Å². The lowest BCUT2D eigenvalue weighted by Gasteiger charge is -2.13. The van der Waals surface area contributed by atoms with Crippen molar-refractivity contribution in [2.24, 2.45) is 10.9 Å². The number of amidine groups is 1. The number of nitrogens with two attached hydrogens (primary N) is 1. The van der Waals surface area contributed by atoms with E-state index in [0.717, 1.165) is 22.4 Å². The van der Waals surface area contributed by atoms with Crippen LogP contribution in [0.4, 0.5) is 10.1 Å². The van der Waals surface area contributed by atoms with Crippen molar-refractivity contribution in [3.8, 4) is 0 Å². The van der Waals surface area contributed by atoms with Crippen LogP contribution in [0.25, 0.3) is 0 Å². The fourth-order valence-electron chi connectivity index (χ4n) is 2.24. The lowest BCUT2D eigenvalue weighted by molar-refractivity contribution is 0.318. The quantitative estimate of drug-likeness (QED) is 0.350. The number of hydrogen-bond acceptors (Lipinski definition) is 3. The summed E-state index contributed by atoms with van der Waals surface area (Å²) >= 11 is 0. The van der Waals surface area contributed by atoms with E-state index in [0.29, 0.717) is 12.1 Å². The largest absolute Gasteiger partial charge is 0.409 e. The molecule has 0 aliphatic rings. The predicted octanol–water partition coefficient (Wildman–Crippen LogP) is 3.15. The summed E-state index contributed by atoms with van der Waals surface area (Å²) < 4.78 is 13.6. The first-order valence-electron chi connectivity index (χ1n) is 6.58. The van der Waals surface area contributed by atoms with Gasteiger partial charge in [0, 0.05) is 17.8 Å². The molecule has 110 valence electrons. The van der Waals surface area contributed by atoms with Gasteiger partial charge in [-0.15, -0.1) is 0 Å². The topological polar surface area (TPSA) is 70.6 Å². The number of hydrogen-bond donors (Lipinski definition) is 3. The van der Waals surface area contributed by atoms with Crippen molar-refractivity contribution in [2.45, 2.75) is 20.4 Å². The van der Waals surface area contributed by atoms with Gasteiger partial charge in [0.15, 0.2) is 5.84 Å². The summed E-state index contributed by atoms with van der Waals surface area (Å²) in [7, 11) is 0. The molecule has 4 N–H and O–H groups in total. The first kappa shape index (κ1) is 14.8. The van der Waals surface area contributed by atoms with Gasteiger partial charge in [0.05, 0.1) is 0 Å². The molecule has 0 aromatic heterocycles. The van der Waals surface area contributed by atoms with E-state index in [1.54, 1.807) is 6.07 Å². The van der Waals surface area contributed by atoms with Crippen molar-refractivity contribution in [2.75, 3.05) is 5.32 Å². The molecule has 0 unspecified atom stereocenters. The maximum Gasteiger partial charge on any atom is 0.170 e. The zero-order valence-corrected chi connectivity index (χ0v) is 12.0. The van der Waals surface area contributed by atoms with Crippen molar-refractivity contribution in [3.05, 3.63) is 64.5 Å². The van der Waals surface area contributed by atoms with Crippen LogP contribution in [-0.2, 0) is 6.54 Å². The molecule has 0 fully saturated rings. The minimum atomic E-state index is -0.419. The lowest BCUT2D eigenvalue weighted by Crippen LogP contribution is -2.14. The number of nitrogens with one attached hydrogen (secondary N) is 1. The molecule has 4 nitrogen and oxygen atoms in total. The summed E-state index contributed by atoms with van der Waals surface area (Å²) in [6.07, 6.45) is 0. The minimum absolute atomic E-state index is 0.108. The van der Waals surface area contributed by atoms with Crippen molar-refractivity contribution in [1.82, 2.24) is 0 Å². The summed E-state index contributed by atoms with van der Waals surface area (Å²) in [6.45, 7) is 4.49. The van der Waals surface area contributed by atoms with Crippen LogP contribution in [0.3, 0.4) is 0 Å². The van der Waals surface area contributed by atoms with Gasteiger partial charge in [0.25, 0.3) is 0 Å². The van der Waals surface area contributed by atoms with E-state index in [2.05, 4.69) is 10.5 Å². The van der Waals surface area contributed by atoms with Crippen LogP contribution < -0.4 is 11.1 Å². The van der Waals surface area contributed by atoms with E-state index in [1.807, 2.05) is 32.0 Å². The van der Waals surface area contributed by atoms with E-state index in [4.69, 9.17) is 10.9 Å². The fraction of sp³-hybridized carbons (Fsp3) is 0.188. The second kappa shape index (κ2) is 6.26. The molecular weight excluding hydrogens is 269 g/mol. The number of aryl methyl sites for hydroxylation is 2. The zero-order valence-electron chi connectivity index (χ0n) is 12.0. The first-order valence-corrected chi connectivity index (χ1v) is 6.58. The zero-order chi connectivity index (χ0) is 15.4. The van der Waals surface area contributed by atoms with Crippen LogP contribution >= 0.6 is 0 Å². The van der Waals surface area contributed by atoms with Crippen LogP contribution in [0.15, 0.2) is 41.6 Å². The Morgan fingerprint density at radius 3 is 2.52 bits per heavy atom. The standard InChI is InChI=1S/C16H18FN3O/c1-10-4-3-5-11(2)15(10)19-9-12-6-13(16(18)20-21)8-14(17)7-12/h3-8,19,21H,9H2,1-2H3,(H2,18,20). The van der Waals surface area contributed by atoms with Gasteiger partial charge in [-0.2, -0.15) is 0 Å². The second-order valence-corrected chi connectivity index (χ2v) is 4.95. The molecule has 5 heteroatoms. The average molecular weight is 287 g/mol. The molecule has 0 atom stereocenters. The molecule has 0 amide bonds. The van der Waals surface area contributed by atoms with Crippen molar-refractivity contribution in [3.63, 3.8) is 0 Å². The van der Waals surface area contributed by atoms with Gasteiger partial charge in [0.2, 0.25) is 0 Å².